The lowest BCUT2D eigenvalue weighted by molar-refractivity contribution is -0.113. The van der Waals surface area contributed by atoms with E-state index in [1.165, 1.54) is 11.8 Å². The molecule has 0 aliphatic rings. The zero-order valence-corrected chi connectivity index (χ0v) is 24.0. The van der Waals surface area contributed by atoms with E-state index in [0.717, 1.165) is 28.2 Å². The SMILES string of the molecule is CCOC(=O)c1sc(NC(=O)CSc2nnc(COc3ccc(C)cc3C)n2CC)c(C(=O)OCC)c1C. The largest absolute Gasteiger partial charge is 0.485 e. The normalized spacial score (nSPS) is 10.8. The molecule has 10 nitrogen and oxygen atoms in total. The van der Waals surface area contributed by atoms with Crippen LogP contribution in [0.25, 0.3) is 0 Å². The Balaban J connectivity index is 1.70. The minimum Gasteiger partial charge on any atom is -0.485 e. The number of nitrogens with zero attached hydrogens (tertiary/aromatic N) is 3. The maximum absolute atomic E-state index is 12.8. The van der Waals surface area contributed by atoms with Crippen molar-refractivity contribution in [2.45, 2.75) is 59.9 Å². The number of nitrogens with one attached hydrogen (secondary N) is 1. The van der Waals surface area contributed by atoms with Crippen LogP contribution in [0, 0.1) is 20.8 Å². The summed E-state index contributed by atoms with van der Waals surface area (Å²) < 4.78 is 18.1. The van der Waals surface area contributed by atoms with Gasteiger partial charge in [-0.15, -0.1) is 21.5 Å². The number of aryl methyl sites for hydroxylation is 2. The predicted molar refractivity (Wildman–Crippen MR) is 146 cm³/mol. The fourth-order valence-corrected chi connectivity index (χ4v) is 5.61. The van der Waals surface area contributed by atoms with Gasteiger partial charge in [0.05, 0.1) is 24.5 Å². The highest BCUT2D eigenvalue weighted by molar-refractivity contribution is 7.99. The Hall–Kier alpha value is -3.38. The molecule has 1 aromatic carbocycles. The van der Waals surface area contributed by atoms with E-state index in [2.05, 4.69) is 21.6 Å². The molecular formula is C26H32N4O6S2. The Kier molecular flexibility index (Phi) is 10.3. The van der Waals surface area contributed by atoms with Crippen molar-refractivity contribution in [2.75, 3.05) is 24.3 Å². The first-order valence-corrected chi connectivity index (χ1v) is 14.0. The number of hydrogen-bond acceptors (Lipinski definition) is 10. The zero-order valence-electron chi connectivity index (χ0n) is 22.4. The summed E-state index contributed by atoms with van der Waals surface area (Å²) in [5.41, 5.74) is 2.76. The van der Waals surface area contributed by atoms with E-state index in [-0.39, 0.29) is 46.9 Å². The molecule has 3 aromatic rings. The van der Waals surface area contributed by atoms with Crippen LogP contribution in [0.1, 0.15) is 63.3 Å². The number of aromatic nitrogens is 3. The van der Waals surface area contributed by atoms with Crippen molar-refractivity contribution in [3.05, 3.63) is 51.2 Å². The van der Waals surface area contributed by atoms with Crippen LogP contribution in [0.2, 0.25) is 0 Å². The maximum atomic E-state index is 12.8. The Bertz CT molecular complexity index is 1320. The van der Waals surface area contributed by atoms with E-state index in [9.17, 15) is 14.4 Å². The molecule has 0 fully saturated rings. The van der Waals surface area contributed by atoms with Gasteiger partial charge in [0, 0.05) is 6.54 Å². The molecule has 2 aromatic heterocycles. The van der Waals surface area contributed by atoms with Crippen LogP contribution >= 0.6 is 23.1 Å². The highest BCUT2D eigenvalue weighted by Crippen LogP contribution is 2.34. The van der Waals surface area contributed by atoms with Crippen LogP contribution in [0.5, 0.6) is 5.75 Å². The third kappa shape index (κ3) is 6.93. The molecule has 0 bridgehead atoms. The summed E-state index contributed by atoms with van der Waals surface area (Å²) in [5, 5.41) is 12.0. The molecule has 0 atom stereocenters. The van der Waals surface area contributed by atoms with Crippen LogP contribution in [-0.2, 0) is 27.4 Å². The second-order valence-electron chi connectivity index (χ2n) is 8.24. The summed E-state index contributed by atoms with van der Waals surface area (Å²) in [6, 6.07) is 5.98. The second kappa shape index (κ2) is 13.4. The van der Waals surface area contributed by atoms with Gasteiger partial charge < -0.3 is 24.1 Å². The molecule has 3 rings (SSSR count). The molecule has 12 heteroatoms. The molecule has 0 saturated heterocycles. The summed E-state index contributed by atoms with van der Waals surface area (Å²) >= 11 is 2.21. The lowest BCUT2D eigenvalue weighted by Gasteiger charge is -2.11. The van der Waals surface area contributed by atoms with E-state index in [1.54, 1.807) is 20.8 Å². The average Bonchev–Trinajstić information content (AvgIpc) is 3.42. The van der Waals surface area contributed by atoms with Gasteiger partial charge in [0.25, 0.3) is 0 Å². The predicted octanol–water partition coefficient (Wildman–Crippen LogP) is 4.95. The summed E-state index contributed by atoms with van der Waals surface area (Å²) in [5.74, 6) is -0.0881. The zero-order chi connectivity index (χ0) is 27.8. The molecule has 2 heterocycles. The number of esters is 2. The number of anilines is 1. The van der Waals surface area contributed by atoms with Crippen molar-refractivity contribution in [1.29, 1.82) is 0 Å². The first kappa shape index (κ1) is 29.2. The van der Waals surface area contributed by atoms with Crippen LogP contribution in [-0.4, -0.2) is 51.6 Å². The molecule has 1 amide bonds. The van der Waals surface area contributed by atoms with Crippen LogP contribution in [0.15, 0.2) is 23.4 Å². The molecular weight excluding hydrogens is 528 g/mol. The van der Waals surface area contributed by atoms with Gasteiger partial charge in [-0.3, -0.25) is 4.79 Å². The van der Waals surface area contributed by atoms with Crippen molar-refractivity contribution in [1.82, 2.24) is 14.8 Å². The van der Waals surface area contributed by atoms with Crippen molar-refractivity contribution in [3.63, 3.8) is 0 Å². The highest BCUT2D eigenvalue weighted by atomic mass is 32.2. The molecule has 204 valence electrons. The first-order chi connectivity index (χ1) is 18.2. The van der Waals surface area contributed by atoms with E-state index < -0.39 is 11.9 Å². The third-order valence-corrected chi connectivity index (χ3v) is 7.62. The van der Waals surface area contributed by atoms with Crippen LogP contribution in [0.3, 0.4) is 0 Å². The van der Waals surface area contributed by atoms with Crippen molar-refractivity contribution in [3.8, 4) is 5.75 Å². The number of rotatable bonds is 12. The molecule has 1 N–H and O–H groups in total. The molecule has 0 aliphatic carbocycles. The van der Waals surface area contributed by atoms with Gasteiger partial charge in [-0.05, 0) is 58.7 Å². The lowest BCUT2D eigenvalue weighted by atomic mass is 10.1. The van der Waals surface area contributed by atoms with Gasteiger partial charge in [-0.1, -0.05) is 29.5 Å². The number of carbonyl (C=O) groups is 3. The van der Waals surface area contributed by atoms with Crippen molar-refractivity contribution >= 4 is 45.9 Å². The minimum atomic E-state index is -0.612. The first-order valence-electron chi connectivity index (χ1n) is 12.2. The van der Waals surface area contributed by atoms with Gasteiger partial charge in [-0.25, -0.2) is 9.59 Å². The Morgan fingerprint density at radius 3 is 2.39 bits per heavy atom. The van der Waals surface area contributed by atoms with Crippen LogP contribution in [0.4, 0.5) is 5.00 Å². The molecule has 0 spiro atoms. The van der Waals surface area contributed by atoms with Gasteiger partial charge in [-0.2, -0.15) is 0 Å². The Morgan fingerprint density at radius 1 is 1.03 bits per heavy atom. The smallest absolute Gasteiger partial charge is 0.348 e. The Labute approximate surface area is 230 Å². The van der Waals surface area contributed by atoms with E-state index in [0.29, 0.717) is 23.1 Å². The quantitative estimate of drug-likeness (QED) is 0.242. The topological polar surface area (TPSA) is 122 Å². The summed E-state index contributed by atoms with van der Waals surface area (Å²) in [4.78, 5) is 38.0. The monoisotopic (exact) mass is 560 g/mol. The second-order valence-corrected chi connectivity index (χ2v) is 10.2. The number of ether oxygens (including phenoxy) is 3. The summed E-state index contributed by atoms with van der Waals surface area (Å²) in [6.07, 6.45) is 0. The maximum Gasteiger partial charge on any atom is 0.348 e. The van der Waals surface area contributed by atoms with Gasteiger partial charge >= 0.3 is 11.9 Å². The fourth-order valence-electron chi connectivity index (χ4n) is 3.69. The Morgan fingerprint density at radius 2 is 1.74 bits per heavy atom. The standard InChI is InChI=1S/C26H32N4O6S2/c1-7-30-19(13-36-18-11-10-15(4)12-16(18)5)28-29-26(30)37-14-20(31)27-23-21(24(32)34-8-2)17(6)22(38-23)25(33)35-9-3/h10-12H,7-9,13-14H2,1-6H3,(H,27,31). The van der Waals surface area contributed by atoms with Crippen molar-refractivity contribution < 1.29 is 28.6 Å². The van der Waals surface area contributed by atoms with Gasteiger partial charge in [0.2, 0.25) is 5.91 Å². The summed E-state index contributed by atoms with van der Waals surface area (Å²) in [7, 11) is 0. The lowest BCUT2D eigenvalue weighted by Crippen LogP contribution is -2.17. The third-order valence-electron chi connectivity index (χ3n) is 5.47. The number of benzene rings is 1. The number of hydrogen-bond donors (Lipinski definition) is 1. The van der Waals surface area contributed by atoms with Crippen LogP contribution < -0.4 is 10.1 Å². The fraction of sp³-hybridized carbons (Fsp3) is 0.423. The summed E-state index contributed by atoms with van der Waals surface area (Å²) in [6.45, 7) is 12.2. The van der Waals surface area contributed by atoms with Gasteiger partial charge in [0.15, 0.2) is 11.0 Å². The number of thiophene rings is 1. The number of amides is 1. The molecule has 0 aliphatic heterocycles. The number of thioether (sulfide) groups is 1. The number of carbonyl (C=O) groups excluding carboxylic acids is 3. The molecule has 0 unspecified atom stereocenters. The average molecular weight is 561 g/mol. The molecule has 38 heavy (non-hydrogen) atoms. The minimum absolute atomic E-state index is 0.0179. The van der Waals surface area contributed by atoms with Gasteiger partial charge in [0.1, 0.15) is 22.2 Å². The highest BCUT2D eigenvalue weighted by Gasteiger charge is 2.27. The van der Waals surface area contributed by atoms with Crippen molar-refractivity contribution in [2.24, 2.45) is 0 Å². The van der Waals surface area contributed by atoms with E-state index in [1.807, 2.05) is 37.5 Å². The molecule has 0 radical (unpaired) electrons. The van der Waals surface area contributed by atoms with E-state index in [4.69, 9.17) is 14.2 Å². The molecule has 0 saturated carbocycles. The van der Waals surface area contributed by atoms with E-state index >= 15 is 0 Å².